The Balaban J connectivity index is 1.82. The van der Waals surface area contributed by atoms with E-state index in [9.17, 15) is 4.79 Å². The Morgan fingerprint density at radius 3 is 2.74 bits per heavy atom. The van der Waals surface area contributed by atoms with Crippen molar-refractivity contribution in [1.29, 1.82) is 0 Å². The molecule has 0 unspecified atom stereocenters. The Labute approximate surface area is 126 Å². The lowest BCUT2D eigenvalue weighted by Gasteiger charge is -2.07. The first kappa shape index (κ1) is 12.8. The van der Waals surface area contributed by atoms with Crippen molar-refractivity contribution in [1.82, 2.24) is 14.5 Å². The minimum atomic E-state index is -0.172. The maximum Gasteiger partial charge on any atom is 0.273 e. The summed E-state index contributed by atoms with van der Waals surface area (Å²) < 4.78 is 3.55. The normalized spacial score (nSPS) is 14.4. The van der Waals surface area contributed by atoms with Gasteiger partial charge in [0.1, 0.15) is 10.3 Å². The average molecular weight is 386 g/mol. The average Bonchev–Trinajstić information content (AvgIpc) is 3.15. The summed E-state index contributed by atoms with van der Waals surface area (Å²) in [6, 6.07) is 2.27. The minimum absolute atomic E-state index is 0.172. The van der Waals surface area contributed by atoms with Gasteiger partial charge in [0.2, 0.25) is 0 Å². The number of nitrogens with one attached hydrogen (secondary N) is 1. The van der Waals surface area contributed by atoms with Crippen molar-refractivity contribution in [2.24, 2.45) is 0 Å². The molecule has 0 saturated heterocycles. The van der Waals surface area contributed by atoms with Gasteiger partial charge < -0.3 is 9.88 Å². The van der Waals surface area contributed by atoms with Crippen LogP contribution in [0.1, 0.15) is 29.4 Å². The molecular formula is C12H10Br2N4O. The van der Waals surface area contributed by atoms with E-state index < -0.39 is 0 Å². The standard InChI is InChI=1S/C12H10Br2N4O/c13-7-3-9(18(6-7)8-1-2-8)12(19)17-11-5-15-10(14)4-16-11/h3-6,8H,1-2H2,(H,16,17,19). The van der Waals surface area contributed by atoms with Crippen LogP contribution >= 0.6 is 31.9 Å². The van der Waals surface area contributed by atoms with Crippen LogP contribution in [0.15, 0.2) is 33.7 Å². The van der Waals surface area contributed by atoms with Gasteiger partial charge in [-0.3, -0.25) is 4.79 Å². The molecule has 5 nitrogen and oxygen atoms in total. The summed E-state index contributed by atoms with van der Waals surface area (Å²) in [7, 11) is 0. The molecule has 1 aliphatic rings. The van der Waals surface area contributed by atoms with Gasteiger partial charge in [0.25, 0.3) is 5.91 Å². The van der Waals surface area contributed by atoms with E-state index in [1.54, 1.807) is 6.20 Å². The molecule has 3 rings (SSSR count). The third-order valence-electron chi connectivity index (χ3n) is 2.85. The highest BCUT2D eigenvalue weighted by atomic mass is 79.9. The molecule has 19 heavy (non-hydrogen) atoms. The third kappa shape index (κ3) is 2.87. The van der Waals surface area contributed by atoms with Crippen LogP contribution in [0.25, 0.3) is 0 Å². The molecule has 2 aromatic heterocycles. The number of carbonyl (C=O) groups excluding carboxylic acids is 1. The zero-order valence-corrected chi connectivity index (χ0v) is 13.0. The molecule has 0 aromatic carbocycles. The largest absolute Gasteiger partial charge is 0.339 e. The highest BCUT2D eigenvalue weighted by Crippen LogP contribution is 2.37. The second-order valence-electron chi connectivity index (χ2n) is 4.36. The van der Waals surface area contributed by atoms with E-state index in [-0.39, 0.29) is 5.91 Å². The molecular weight excluding hydrogens is 376 g/mol. The van der Waals surface area contributed by atoms with Crippen LogP contribution in [0.5, 0.6) is 0 Å². The number of rotatable bonds is 3. The Morgan fingerprint density at radius 2 is 2.11 bits per heavy atom. The zero-order chi connectivity index (χ0) is 13.4. The van der Waals surface area contributed by atoms with Crippen LogP contribution in [0, 0.1) is 0 Å². The van der Waals surface area contributed by atoms with Gasteiger partial charge in [0.15, 0.2) is 5.82 Å². The molecule has 1 N–H and O–H groups in total. The molecule has 0 bridgehead atoms. The number of halogens is 2. The molecule has 0 spiro atoms. The van der Waals surface area contributed by atoms with Crippen LogP contribution in [0.3, 0.4) is 0 Å². The van der Waals surface area contributed by atoms with Gasteiger partial charge in [-0.1, -0.05) is 0 Å². The highest BCUT2D eigenvalue weighted by Gasteiger charge is 2.27. The zero-order valence-electron chi connectivity index (χ0n) is 9.81. The fourth-order valence-corrected chi connectivity index (χ4v) is 2.48. The summed E-state index contributed by atoms with van der Waals surface area (Å²) >= 11 is 6.61. The van der Waals surface area contributed by atoms with Crippen molar-refractivity contribution in [2.75, 3.05) is 5.32 Å². The van der Waals surface area contributed by atoms with Crippen LogP contribution < -0.4 is 5.32 Å². The molecule has 0 atom stereocenters. The number of hydrogen-bond acceptors (Lipinski definition) is 3. The molecule has 1 saturated carbocycles. The second kappa shape index (κ2) is 5.05. The Morgan fingerprint density at radius 1 is 1.32 bits per heavy atom. The molecule has 1 amide bonds. The first-order valence-corrected chi connectivity index (χ1v) is 7.38. The Hall–Kier alpha value is -1.21. The van der Waals surface area contributed by atoms with E-state index >= 15 is 0 Å². The fraction of sp³-hybridized carbons (Fsp3) is 0.250. The summed E-state index contributed by atoms with van der Waals surface area (Å²) in [4.78, 5) is 20.3. The van der Waals surface area contributed by atoms with E-state index in [2.05, 4.69) is 47.1 Å². The topological polar surface area (TPSA) is 59.8 Å². The van der Waals surface area contributed by atoms with Gasteiger partial charge in [0.05, 0.1) is 12.4 Å². The first-order valence-electron chi connectivity index (χ1n) is 5.80. The lowest BCUT2D eigenvalue weighted by Crippen LogP contribution is -2.17. The first-order chi connectivity index (χ1) is 9.13. The Kier molecular flexibility index (Phi) is 3.40. The molecule has 0 radical (unpaired) electrons. The van der Waals surface area contributed by atoms with Crippen molar-refractivity contribution in [3.05, 3.63) is 39.4 Å². The molecule has 0 aliphatic heterocycles. The van der Waals surface area contributed by atoms with Gasteiger partial charge >= 0.3 is 0 Å². The van der Waals surface area contributed by atoms with E-state index in [4.69, 9.17) is 0 Å². The molecule has 2 heterocycles. The summed E-state index contributed by atoms with van der Waals surface area (Å²) in [5.41, 5.74) is 0.638. The van der Waals surface area contributed by atoms with Crippen molar-refractivity contribution in [3.63, 3.8) is 0 Å². The van der Waals surface area contributed by atoms with Crippen molar-refractivity contribution >= 4 is 43.6 Å². The highest BCUT2D eigenvalue weighted by molar-refractivity contribution is 9.10. The smallest absolute Gasteiger partial charge is 0.273 e. The van der Waals surface area contributed by atoms with Crippen LogP contribution in [0.4, 0.5) is 5.82 Å². The number of anilines is 1. The predicted molar refractivity (Wildman–Crippen MR) is 78.1 cm³/mol. The number of carbonyl (C=O) groups is 1. The second-order valence-corrected chi connectivity index (χ2v) is 6.09. The maximum atomic E-state index is 12.2. The third-order valence-corrected chi connectivity index (χ3v) is 3.69. The van der Waals surface area contributed by atoms with Gasteiger partial charge in [-0.15, -0.1) is 0 Å². The molecule has 7 heteroatoms. The quantitative estimate of drug-likeness (QED) is 0.880. The Bertz CT molecular complexity index is 619. The van der Waals surface area contributed by atoms with Crippen LogP contribution in [-0.4, -0.2) is 20.4 Å². The fourth-order valence-electron chi connectivity index (χ4n) is 1.84. The van der Waals surface area contributed by atoms with Crippen molar-refractivity contribution in [3.8, 4) is 0 Å². The lowest BCUT2D eigenvalue weighted by molar-refractivity contribution is 0.101. The number of hydrogen-bond donors (Lipinski definition) is 1. The summed E-state index contributed by atoms with van der Waals surface area (Å²) in [6.07, 6.45) is 7.26. The minimum Gasteiger partial charge on any atom is -0.339 e. The number of amides is 1. The van der Waals surface area contributed by atoms with Crippen molar-refractivity contribution in [2.45, 2.75) is 18.9 Å². The van der Waals surface area contributed by atoms with E-state index in [0.717, 1.165) is 17.3 Å². The molecule has 1 aliphatic carbocycles. The van der Waals surface area contributed by atoms with Crippen molar-refractivity contribution < 1.29 is 4.79 Å². The lowest BCUT2D eigenvalue weighted by atomic mass is 10.4. The summed E-state index contributed by atoms with van der Waals surface area (Å²) in [5.74, 6) is 0.266. The summed E-state index contributed by atoms with van der Waals surface area (Å²) in [5, 5.41) is 2.75. The molecule has 1 fully saturated rings. The number of nitrogens with zero attached hydrogens (tertiary/aromatic N) is 3. The SMILES string of the molecule is O=C(Nc1cnc(Br)cn1)c1cc(Br)cn1C1CC1. The molecule has 98 valence electrons. The van der Waals surface area contributed by atoms with Crippen LogP contribution in [0.2, 0.25) is 0 Å². The molecule has 2 aromatic rings. The van der Waals surface area contributed by atoms with E-state index in [0.29, 0.717) is 22.2 Å². The van der Waals surface area contributed by atoms with Gasteiger partial charge in [-0.05, 0) is 50.8 Å². The van der Waals surface area contributed by atoms with Gasteiger partial charge in [0, 0.05) is 16.7 Å². The van der Waals surface area contributed by atoms with Crippen LogP contribution in [-0.2, 0) is 0 Å². The summed E-state index contributed by atoms with van der Waals surface area (Å²) in [6.45, 7) is 0. The predicted octanol–water partition coefficient (Wildman–Crippen LogP) is 3.39. The monoisotopic (exact) mass is 384 g/mol. The van der Waals surface area contributed by atoms with Gasteiger partial charge in [-0.2, -0.15) is 0 Å². The number of aromatic nitrogens is 3. The van der Waals surface area contributed by atoms with E-state index in [1.807, 2.05) is 16.8 Å². The van der Waals surface area contributed by atoms with Gasteiger partial charge in [-0.25, -0.2) is 9.97 Å². The van der Waals surface area contributed by atoms with E-state index in [1.165, 1.54) is 6.20 Å². The maximum absolute atomic E-state index is 12.2.